The minimum absolute atomic E-state index is 0.165. The van der Waals surface area contributed by atoms with Crippen LogP contribution in [0.15, 0.2) is 0 Å². The van der Waals surface area contributed by atoms with Crippen LogP contribution in [0.2, 0.25) is 0 Å². The normalized spacial score (nSPS) is 29.5. The Hall–Kier alpha value is -0.530. The third-order valence-electron chi connectivity index (χ3n) is 2.78. The first-order valence-corrected chi connectivity index (χ1v) is 4.16. The van der Waals surface area contributed by atoms with Gasteiger partial charge in [0, 0.05) is 0 Å². The maximum Gasteiger partial charge on any atom is 0.306 e. The molecular weight excluding hydrogens is 140 g/mol. The molecule has 2 nitrogen and oxygen atoms in total. The first kappa shape index (κ1) is 8.57. The van der Waals surface area contributed by atoms with Crippen molar-refractivity contribution in [2.45, 2.75) is 33.6 Å². The molecule has 0 heterocycles. The van der Waals surface area contributed by atoms with Crippen LogP contribution in [0.3, 0.4) is 0 Å². The summed E-state index contributed by atoms with van der Waals surface area (Å²) in [6.07, 6.45) is 2.05. The van der Waals surface area contributed by atoms with E-state index >= 15 is 0 Å². The molecular formula is C9H16O2. The minimum Gasteiger partial charge on any atom is -0.481 e. The number of carboxylic acid groups (broad SMARTS) is 1. The molecule has 2 atom stereocenters. The zero-order valence-corrected chi connectivity index (χ0v) is 7.42. The second-order valence-electron chi connectivity index (χ2n) is 4.36. The number of aliphatic carboxylic acids is 1. The van der Waals surface area contributed by atoms with Crippen molar-refractivity contribution in [1.82, 2.24) is 0 Å². The molecule has 0 aromatic carbocycles. The summed E-state index contributed by atoms with van der Waals surface area (Å²) in [5.74, 6) is -0.178. The lowest BCUT2D eigenvalue weighted by atomic mass is 10.00. The van der Waals surface area contributed by atoms with Crippen molar-refractivity contribution in [2.75, 3.05) is 0 Å². The van der Waals surface area contributed by atoms with Crippen LogP contribution in [-0.4, -0.2) is 11.1 Å². The smallest absolute Gasteiger partial charge is 0.306 e. The highest BCUT2D eigenvalue weighted by Crippen LogP contribution is 2.54. The molecule has 0 bridgehead atoms. The maximum atomic E-state index is 10.5. The molecule has 1 aliphatic rings. The molecule has 1 unspecified atom stereocenters. The van der Waals surface area contributed by atoms with Crippen molar-refractivity contribution in [2.24, 2.45) is 17.3 Å². The highest BCUT2D eigenvalue weighted by atomic mass is 16.4. The Morgan fingerprint density at radius 3 is 2.45 bits per heavy atom. The van der Waals surface area contributed by atoms with Gasteiger partial charge in [-0.3, -0.25) is 4.79 Å². The van der Waals surface area contributed by atoms with Crippen molar-refractivity contribution >= 4 is 5.97 Å². The quantitative estimate of drug-likeness (QED) is 0.679. The van der Waals surface area contributed by atoms with E-state index in [9.17, 15) is 4.79 Å². The van der Waals surface area contributed by atoms with Gasteiger partial charge in [0.2, 0.25) is 0 Å². The fourth-order valence-electron chi connectivity index (χ4n) is 1.51. The van der Waals surface area contributed by atoms with E-state index in [0.717, 1.165) is 6.42 Å². The predicted molar refractivity (Wildman–Crippen MR) is 43.3 cm³/mol. The third-order valence-corrected chi connectivity index (χ3v) is 2.78. The molecule has 0 aromatic heterocycles. The van der Waals surface area contributed by atoms with Crippen LogP contribution in [0.5, 0.6) is 0 Å². The predicted octanol–water partition coefficient (Wildman–Crippen LogP) is 2.14. The van der Waals surface area contributed by atoms with Gasteiger partial charge in [-0.05, 0) is 24.2 Å². The van der Waals surface area contributed by atoms with Gasteiger partial charge in [-0.2, -0.15) is 0 Å². The summed E-state index contributed by atoms with van der Waals surface area (Å²) in [5, 5.41) is 8.63. The van der Waals surface area contributed by atoms with Crippen LogP contribution in [0.4, 0.5) is 0 Å². The van der Waals surface area contributed by atoms with Gasteiger partial charge in [0.05, 0.1) is 5.92 Å². The van der Waals surface area contributed by atoms with Crippen LogP contribution in [0.1, 0.15) is 33.6 Å². The van der Waals surface area contributed by atoms with E-state index in [0.29, 0.717) is 11.3 Å². The van der Waals surface area contributed by atoms with Gasteiger partial charge < -0.3 is 5.11 Å². The average Bonchev–Trinajstić information content (AvgIpc) is 2.39. The van der Waals surface area contributed by atoms with Gasteiger partial charge in [0.15, 0.2) is 0 Å². The Balaban J connectivity index is 2.29. The second-order valence-corrected chi connectivity index (χ2v) is 4.36. The molecule has 0 saturated heterocycles. The largest absolute Gasteiger partial charge is 0.481 e. The number of rotatable bonds is 3. The SMILES string of the molecule is C[C@@H](CC1CC1(C)C)C(=O)O. The van der Waals surface area contributed by atoms with Crippen molar-refractivity contribution in [1.29, 1.82) is 0 Å². The molecule has 1 aliphatic carbocycles. The lowest BCUT2D eigenvalue weighted by Crippen LogP contribution is -2.11. The summed E-state index contributed by atoms with van der Waals surface area (Å²) in [4.78, 5) is 10.5. The fraction of sp³-hybridized carbons (Fsp3) is 0.889. The van der Waals surface area contributed by atoms with E-state index in [-0.39, 0.29) is 5.92 Å². The molecule has 2 heteroatoms. The van der Waals surface area contributed by atoms with E-state index in [2.05, 4.69) is 13.8 Å². The van der Waals surface area contributed by atoms with Crippen LogP contribution >= 0.6 is 0 Å². The van der Waals surface area contributed by atoms with Crippen molar-refractivity contribution < 1.29 is 9.90 Å². The van der Waals surface area contributed by atoms with Gasteiger partial charge in [-0.1, -0.05) is 20.8 Å². The zero-order valence-electron chi connectivity index (χ0n) is 7.42. The average molecular weight is 156 g/mol. The Labute approximate surface area is 67.6 Å². The molecule has 0 spiro atoms. The molecule has 0 amide bonds. The maximum absolute atomic E-state index is 10.5. The van der Waals surface area contributed by atoms with Gasteiger partial charge in [0.25, 0.3) is 0 Å². The molecule has 1 N–H and O–H groups in total. The lowest BCUT2D eigenvalue weighted by Gasteiger charge is -2.06. The monoisotopic (exact) mass is 156 g/mol. The van der Waals surface area contributed by atoms with Crippen molar-refractivity contribution in [3.8, 4) is 0 Å². The Bertz CT molecular complexity index is 172. The molecule has 1 fully saturated rings. The van der Waals surface area contributed by atoms with Gasteiger partial charge >= 0.3 is 5.97 Å². The highest BCUT2D eigenvalue weighted by molar-refractivity contribution is 5.69. The minimum atomic E-state index is -0.660. The Kier molecular flexibility index (Phi) is 1.95. The van der Waals surface area contributed by atoms with Crippen LogP contribution in [-0.2, 0) is 4.79 Å². The standard InChI is InChI=1S/C9H16O2/c1-6(8(10)11)4-7-5-9(7,2)3/h6-7H,4-5H2,1-3H3,(H,10,11)/t6-,7?/m0/s1. The van der Waals surface area contributed by atoms with E-state index < -0.39 is 5.97 Å². The molecule has 1 rings (SSSR count). The molecule has 1 saturated carbocycles. The van der Waals surface area contributed by atoms with E-state index in [1.54, 1.807) is 6.92 Å². The highest BCUT2D eigenvalue weighted by Gasteiger charge is 2.46. The number of carbonyl (C=O) groups is 1. The number of hydrogen-bond donors (Lipinski definition) is 1. The van der Waals surface area contributed by atoms with Crippen LogP contribution < -0.4 is 0 Å². The first-order chi connectivity index (χ1) is 4.93. The molecule has 0 aliphatic heterocycles. The molecule has 0 radical (unpaired) electrons. The lowest BCUT2D eigenvalue weighted by molar-refractivity contribution is -0.141. The van der Waals surface area contributed by atoms with E-state index in [4.69, 9.17) is 5.11 Å². The van der Waals surface area contributed by atoms with Crippen LogP contribution in [0.25, 0.3) is 0 Å². The van der Waals surface area contributed by atoms with Crippen molar-refractivity contribution in [3.05, 3.63) is 0 Å². The summed E-state index contributed by atoms with van der Waals surface area (Å²) in [5.41, 5.74) is 0.420. The van der Waals surface area contributed by atoms with Crippen molar-refractivity contribution in [3.63, 3.8) is 0 Å². The van der Waals surface area contributed by atoms with E-state index in [1.165, 1.54) is 6.42 Å². The summed E-state index contributed by atoms with van der Waals surface area (Å²) in [6, 6.07) is 0. The van der Waals surface area contributed by atoms with Gasteiger partial charge in [-0.15, -0.1) is 0 Å². The summed E-state index contributed by atoms with van der Waals surface area (Å²) in [6.45, 7) is 6.19. The van der Waals surface area contributed by atoms with E-state index in [1.807, 2.05) is 0 Å². The summed E-state index contributed by atoms with van der Waals surface area (Å²) < 4.78 is 0. The van der Waals surface area contributed by atoms with Gasteiger partial charge in [-0.25, -0.2) is 0 Å². The zero-order chi connectivity index (χ0) is 8.65. The summed E-state index contributed by atoms with van der Waals surface area (Å²) >= 11 is 0. The molecule has 64 valence electrons. The van der Waals surface area contributed by atoms with Gasteiger partial charge in [0.1, 0.15) is 0 Å². The topological polar surface area (TPSA) is 37.3 Å². The van der Waals surface area contributed by atoms with Crippen LogP contribution in [0, 0.1) is 17.3 Å². The number of hydrogen-bond acceptors (Lipinski definition) is 1. The third kappa shape index (κ3) is 1.95. The second kappa shape index (κ2) is 2.50. The fourth-order valence-corrected chi connectivity index (χ4v) is 1.51. The molecule has 0 aromatic rings. The molecule has 11 heavy (non-hydrogen) atoms. The number of carboxylic acids is 1. The summed E-state index contributed by atoms with van der Waals surface area (Å²) in [7, 11) is 0. The Morgan fingerprint density at radius 1 is 1.73 bits per heavy atom. The Morgan fingerprint density at radius 2 is 2.18 bits per heavy atom. The first-order valence-electron chi connectivity index (χ1n) is 4.16.